The second-order valence-electron chi connectivity index (χ2n) is 6.46. The second-order valence-corrected chi connectivity index (χ2v) is 6.46. The van der Waals surface area contributed by atoms with E-state index < -0.39 is 6.04 Å². The van der Waals surface area contributed by atoms with Gasteiger partial charge in [-0.1, -0.05) is 30.3 Å². The molecular formula is C23H25N3O2. The molecule has 0 aliphatic rings. The van der Waals surface area contributed by atoms with E-state index in [0.717, 1.165) is 11.3 Å². The molecule has 144 valence electrons. The molecule has 28 heavy (non-hydrogen) atoms. The van der Waals surface area contributed by atoms with Crippen LogP contribution >= 0.6 is 0 Å². The van der Waals surface area contributed by atoms with Gasteiger partial charge >= 0.3 is 0 Å². The van der Waals surface area contributed by atoms with Gasteiger partial charge in [0.15, 0.2) is 0 Å². The molecule has 1 N–H and O–H groups in total. The number of carbonyl (C=O) groups excluding carboxylic acids is 2. The summed E-state index contributed by atoms with van der Waals surface area (Å²) in [6, 6.07) is 19.9. The van der Waals surface area contributed by atoms with Crippen LogP contribution in [0.1, 0.15) is 35.8 Å². The van der Waals surface area contributed by atoms with Crippen LogP contribution in [0.15, 0.2) is 79.1 Å². The molecule has 5 heteroatoms. The van der Waals surface area contributed by atoms with Crippen molar-refractivity contribution < 1.29 is 9.59 Å². The number of aromatic nitrogens is 1. The van der Waals surface area contributed by atoms with Crippen LogP contribution in [-0.2, 0) is 4.79 Å². The Labute approximate surface area is 165 Å². The minimum Gasteiger partial charge on any atom is -0.341 e. The van der Waals surface area contributed by atoms with E-state index in [1.54, 1.807) is 17.0 Å². The predicted molar refractivity (Wildman–Crippen MR) is 110 cm³/mol. The lowest BCUT2D eigenvalue weighted by Crippen LogP contribution is -2.42. The van der Waals surface area contributed by atoms with Crippen molar-refractivity contribution >= 4 is 11.8 Å². The maximum Gasteiger partial charge on any atom is 0.252 e. The van der Waals surface area contributed by atoms with Gasteiger partial charge in [-0.25, -0.2) is 0 Å². The topological polar surface area (TPSA) is 54.3 Å². The number of nitrogens with zero attached hydrogens (tertiary/aromatic N) is 2. The lowest BCUT2D eigenvalue weighted by molar-refractivity contribution is -0.133. The maximum atomic E-state index is 13.0. The number of amides is 2. The van der Waals surface area contributed by atoms with Crippen LogP contribution in [0, 0.1) is 0 Å². The van der Waals surface area contributed by atoms with Crippen molar-refractivity contribution in [1.29, 1.82) is 0 Å². The van der Waals surface area contributed by atoms with E-state index in [1.807, 2.05) is 85.4 Å². The molecule has 2 amide bonds. The molecule has 3 rings (SSSR count). The minimum absolute atomic E-state index is 0.103. The SMILES string of the molecule is CCN(CC)C(=O)[C@@H](NC(=O)c1ccc(-n2cccc2)cc1)c1ccccc1. The van der Waals surface area contributed by atoms with E-state index in [0.29, 0.717) is 18.7 Å². The molecule has 0 unspecified atom stereocenters. The molecule has 5 nitrogen and oxygen atoms in total. The minimum atomic E-state index is -0.710. The first kappa shape index (κ1) is 19.4. The average Bonchev–Trinajstić information content (AvgIpc) is 3.28. The fourth-order valence-electron chi connectivity index (χ4n) is 3.16. The summed E-state index contributed by atoms with van der Waals surface area (Å²) in [4.78, 5) is 27.6. The molecule has 0 spiro atoms. The molecule has 1 aromatic heterocycles. The summed E-state index contributed by atoms with van der Waals surface area (Å²) in [5.41, 5.74) is 2.27. The first-order valence-corrected chi connectivity index (χ1v) is 9.52. The fourth-order valence-corrected chi connectivity index (χ4v) is 3.16. The van der Waals surface area contributed by atoms with Gasteiger partial charge < -0.3 is 14.8 Å². The van der Waals surface area contributed by atoms with E-state index in [2.05, 4.69) is 5.32 Å². The van der Waals surface area contributed by atoms with Gasteiger partial charge in [0.25, 0.3) is 5.91 Å². The van der Waals surface area contributed by atoms with Crippen molar-refractivity contribution in [3.8, 4) is 5.69 Å². The standard InChI is InChI=1S/C23H25N3O2/c1-3-25(4-2)23(28)21(18-10-6-5-7-11-18)24-22(27)19-12-14-20(15-13-19)26-16-8-9-17-26/h5-17,21H,3-4H2,1-2H3,(H,24,27)/t21-/m0/s1. The van der Waals surface area contributed by atoms with Crippen molar-refractivity contribution in [3.63, 3.8) is 0 Å². The van der Waals surface area contributed by atoms with Crippen LogP contribution in [0.5, 0.6) is 0 Å². The average molecular weight is 375 g/mol. The third-order valence-electron chi connectivity index (χ3n) is 4.76. The highest BCUT2D eigenvalue weighted by atomic mass is 16.2. The molecule has 1 atom stereocenters. The largest absolute Gasteiger partial charge is 0.341 e. The normalized spacial score (nSPS) is 11.6. The first-order chi connectivity index (χ1) is 13.6. The number of hydrogen-bond acceptors (Lipinski definition) is 2. The van der Waals surface area contributed by atoms with Gasteiger partial charge in [-0.05, 0) is 55.8 Å². The van der Waals surface area contributed by atoms with Gasteiger partial charge in [0.05, 0.1) is 0 Å². The van der Waals surface area contributed by atoms with Crippen LogP contribution in [-0.4, -0.2) is 34.4 Å². The third-order valence-corrected chi connectivity index (χ3v) is 4.76. The smallest absolute Gasteiger partial charge is 0.252 e. The summed E-state index contributed by atoms with van der Waals surface area (Å²) >= 11 is 0. The van der Waals surface area contributed by atoms with Gasteiger partial charge in [-0.2, -0.15) is 0 Å². The van der Waals surface area contributed by atoms with Crippen molar-refractivity contribution in [2.75, 3.05) is 13.1 Å². The second kappa shape index (κ2) is 9.04. The summed E-state index contributed by atoms with van der Waals surface area (Å²) < 4.78 is 1.97. The van der Waals surface area contributed by atoms with Crippen molar-refractivity contribution in [2.45, 2.75) is 19.9 Å². The lowest BCUT2D eigenvalue weighted by Gasteiger charge is -2.26. The molecule has 0 saturated heterocycles. The number of likely N-dealkylation sites (N-methyl/N-ethyl adjacent to an activating group) is 1. The summed E-state index contributed by atoms with van der Waals surface area (Å²) in [5, 5.41) is 2.92. The number of hydrogen-bond donors (Lipinski definition) is 1. The van der Waals surface area contributed by atoms with Crippen LogP contribution in [0.3, 0.4) is 0 Å². The highest BCUT2D eigenvalue weighted by Gasteiger charge is 2.26. The predicted octanol–water partition coefficient (Wildman–Crippen LogP) is 3.82. The fraction of sp³-hybridized carbons (Fsp3) is 0.217. The number of nitrogens with one attached hydrogen (secondary N) is 1. The molecule has 0 saturated carbocycles. The van der Waals surface area contributed by atoms with Crippen LogP contribution < -0.4 is 5.32 Å². The van der Waals surface area contributed by atoms with Gasteiger partial charge in [0.1, 0.15) is 6.04 Å². The van der Waals surface area contributed by atoms with Crippen molar-refractivity contribution in [2.24, 2.45) is 0 Å². The third kappa shape index (κ3) is 4.31. The Kier molecular flexibility index (Phi) is 6.27. The zero-order valence-corrected chi connectivity index (χ0v) is 16.2. The maximum absolute atomic E-state index is 13.0. The van der Waals surface area contributed by atoms with Crippen molar-refractivity contribution in [3.05, 3.63) is 90.3 Å². The Hall–Kier alpha value is -3.34. The number of rotatable bonds is 7. The van der Waals surface area contributed by atoms with E-state index in [4.69, 9.17) is 0 Å². The summed E-state index contributed by atoms with van der Waals surface area (Å²) in [6.45, 7) is 5.07. The molecule has 0 fully saturated rings. The monoisotopic (exact) mass is 375 g/mol. The van der Waals surface area contributed by atoms with E-state index in [1.165, 1.54) is 0 Å². The Morgan fingerprint density at radius 1 is 0.893 bits per heavy atom. The number of carbonyl (C=O) groups is 2. The molecular weight excluding hydrogens is 350 g/mol. The van der Waals surface area contributed by atoms with Gasteiger partial charge in [-0.3, -0.25) is 9.59 Å². The van der Waals surface area contributed by atoms with E-state index in [-0.39, 0.29) is 11.8 Å². The Bertz CT molecular complexity index is 899. The molecule has 2 aromatic carbocycles. The van der Waals surface area contributed by atoms with Crippen LogP contribution in [0.25, 0.3) is 5.69 Å². The van der Waals surface area contributed by atoms with E-state index in [9.17, 15) is 9.59 Å². The lowest BCUT2D eigenvalue weighted by atomic mass is 10.0. The van der Waals surface area contributed by atoms with Crippen LogP contribution in [0.4, 0.5) is 0 Å². The first-order valence-electron chi connectivity index (χ1n) is 9.52. The summed E-state index contributed by atoms with van der Waals surface area (Å²) in [6.07, 6.45) is 3.90. The summed E-state index contributed by atoms with van der Waals surface area (Å²) in [5.74, 6) is -0.373. The van der Waals surface area contributed by atoms with Crippen LogP contribution in [0.2, 0.25) is 0 Å². The molecule has 0 bridgehead atoms. The number of benzene rings is 2. The van der Waals surface area contributed by atoms with Crippen molar-refractivity contribution in [1.82, 2.24) is 14.8 Å². The molecule has 3 aromatic rings. The van der Waals surface area contributed by atoms with Gasteiger partial charge in [0, 0.05) is 36.7 Å². The highest BCUT2D eigenvalue weighted by Crippen LogP contribution is 2.18. The highest BCUT2D eigenvalue weighted by molar-refractivity contribution is 5.98. The molecule has 0 aliphatic heterocycles. The van der Waals surface area contributed by atoms with E-state index >= 15 is 0 Å². The quantitative estimate of drug-likeness (QED) is 0.683. The molecule has 1 heterocycles. The Balaban J connectivity index is 1.82. The Morgan fingerprint density at radius 3 is 2.07 bits per heavy atom. The Morgan fingerprint density at radius 2 is 1.50 bits per heavy atom. The zero-order valence-electron chi connectivity index (χ0n) is 16.2. The molecule has 0 radical (unpaired) electrons. The van der Waals surface area contributed by atoms with Gasteiger partial charge in [0.2, 0.25) is 5.91 Å². The van der Waals surface area contributed by atoms with Gasteiger partial charge in [-0.15, -0.1) is 0 Å². The zero-order chi connectivity index (χ0) is 19.9. The summed E-state index contributed by atoms with van der Waals surface area (Å²) in [7, 11) is 0. The molecule has 0 aliphatic carbocycles.